The van der Waals surface area contributed by atoms with Gasteiger partial charge < -0.3 is 9.51 Å². The molecule has 8 heteroatoms. The van der Waals surface area contributed by atoms with E-state index in [1.807, 2.05) is 0 Å². The van der Waals surface area contributed by atoms with Gasteiger partial charge in [0, 0.05) is 13.1 Å². The van der Waals surface area contributed by atoms with Gasteiger partial charge in [-0.25, -0.2) is 9.78 Å². The second kappa shape index (κ2) is 3.17. The van der Waals surface area contributed by atoms with Gasteiger partial charge in [-0.05, 0) is 0 Å². The van der Waals surface area contributed by atoms with Crippen molar-refractivity contribution in [1.29, 1.82) is 0 Å². The summed E-state index contributed by atoms with van der Waals surface area (Å²) in [6.07, 6.45) is 1.39. The number of hydrogen-bond donors (Lipinski definition) is 2. The van der Waals surface area contributed by atoms with Crippen molar-refractivity contribution >= 4 is 11.2 Å². The third kappa shape index (κ3) is 1.30. The van der Waals surface area contributed by atoms with Gasteiger partial charge in [-0.3, -0.25) is 14.3 Å². The molecular weight excluding hydrogens is 226 g/mol. The van der Waals surface area contributed by atoms with Crippen molar-refractivity contribution in [3.8, 4) is 11.5 Å². The molecule has 0 unspecified atom stereocenters. The van der Waals surface area contributed by atoms with Crippen LogP contribution in [0.4, 0.5) is 0 Å². The van der Waals surface area contributed by atoms with Gasteiger partial charge in [-0.15, -0.1) is 0 Å². The number of aromatic amines is 2. The molecule has 3 aromatic rings. The van der Waals surface area contributed by atoms with Crippen molar-refractivity contribution in [2.24, 2.45) is 7.05 Å². The molecule has 3 rings (SSSR count). The zero-order valence-corrected chi connectivity index (χ0v) is 8.72. The van der Waals surface area contributed by atoms with Crippen molar-refractivity contribution < 1.29 is 4.52 Å². The molecule has 0 saturated carbocycles. The second-order valence-electron chi connectivity index (χ2n) is 3.49. The van der Waals surface area contributed by atoms with Gasteiger partial charge >= 0.3 is 5.69 Å². The molecule has 0 aliphatic rings. The molecule has 0 aromatic carbocycles. The van der Waals surface area contributed by atoms with Gasteiger partial charge in [0.2, 0.25) is 0 Å². The zero-order chi connectivity index (χ0) is 12.0. The Morgan fingerprint density at radius 3 is 2.88 bits per heavy atom. The highest BCUT2D eigenvalue weighted by molar-refractivity contribution is 5.74. The summed E-state index contributed by atoms with van der Waals surface area (Å²) in [5, 5.41) is 3.70. The lowest BCUT2D eigenvalue weighted by Crippen LogP contribution is -2.28. The smallest absolute Gasteiger partial charge is 0.329 e. The summed E-state index contributed by atoms with van der Waals surface area (Å²) >= 11 is 0. The average molecular weight is 233 g/mol. The summed E-state index contributed by atoms with van der Waals surface area (Å²) in [6, 6.07) is 1.60. The van der Waals surface area contributed by atoms with Crippen molar-refractivity contribution in [1.82, 2.24) is 24.7 Å². The van der Waals surface area contributed by atoms with Gasteiger partial charge in [-0.1, -0.05) is 5.16 Å². The highest BCUT2D eigenvalue weighted by Gasteiger charge is 2.13. The zero-order valence-electron chi connectivity index (χ0n) is 8.72. The fraction of sp³-hybridized carbons (Fsp3) is 0.111. The number of aromatic nitrogens is 5. The van der Waals surface area contributed by atoms with Crippen LogP contribution >= 0.6 is 0 Å². The van der Waals surface area contributed by atoms with Crippen molar-refractivity contribution in [3.05, 3.63) is 33.2 Å². The fourth-order valence-corrected chi connectivity index (χ4v) is 1.56. The maximum absolute atomic E-state index is 11.6. The topological polar surface area (TPSA) is 110 Å². The summed E-state index contributed by atoms with van der Waals surface area (Å²) in [5.41, 5.74) is -0.0547. The predicted molar refractivity (Wildman–Crippen MR) is 57.5 cm³/mol. The lowest BCUT2D eigenvalue weighted by atomic mass is 10.4. The van der Waals surface area contributed by atoms with Crippen LogP contribution in [0.3, 0.4) is 0 Å². The summed E-state index contributed by atoms with van der Waals surface area (Å²) in [7, 11) is 1.52. The Labute approximate surface area is 92.9 Å². The van der Waals surface area contributed by atoms with E-state index in [-0.39, 0.29) is 11.2 Å². The van der Waals surface area contributed by atoms with Gasteiger partial charge in [0.1, 0.15) is 17.5 Å². The van der Waals surface area contributed by atoms with Gasteiger partial charge in [0.15, 0.2) is 11.5 Å². The predicted octanol–water partition coefficient (Wildman–Crippen LogP) is -0.395. The van der Waals surface area contributed by atoms with Crippen LogP contribution in [0.1, 0.15) is 0 Å². The average Bonchev–Trinajstić information content (AvgIpc) is 2.94. The van der Waals surface area contributed by atoms with E-state index in [0.29, 0.717) is 11.5 Å². The first-order valence-electron chi connectivity index (χ1n) is 4.76. The van der Waals surface area contributed by atoms with Gasteiger partial charge in [-0.2, -0.15) is 0 Å². The van der Waals surface area contributed by atoms with E-state index in [2.05, 4.69) is 24.6 Å². The minimum Gasteiger partial charge on any atom is -0.364 e. The summed E-state index contributed by atoms with van der Waals surface area (Å²) in [4.78, 5) is 32.0. The molecule has 86 valence electrons. The first kappa shape index (κ1) is 9.58. The second-order valence-corrected chi connectivity index (χ2v) is 3.49. The molecule has 0 saturated heterocycles. The Hall–Kier alpha value is -2.64. The molecule has 0 bridgehead atoms. The fourth-order valence-electron chi connectivity index (χ4n) is 1.56. The monoisotopic (exact) mass is 233 g/mol. The molecule has 3 heterocycles. The summed E-state index contributed by atoms with van der Waals surface area (Å²) in [6.45, 7) is 0. The SMILES string of the molecule is Cn1c(=O)[nH]c(=O)c2[nH]c(-c3ccon3)nc21. The molecule has 0 radical (unpaired) electrons. The van der Waals surface area contributed by atoms with E-state index in [0.717, 1.165) is 0 Å². The quantitative estimate of drug-likeness (QED) is 0.594. The standard InChI is InChI=1S/C9H7N5O3/c1-14-7-5(8(15)12-9(14)16)10-6(11-7)4-2-3-17-13-4/h2-3H,1H3,(H,10,11)(H,12,15,16). The third-order valence-corrected chi connectivity index (χ3v) is 2.44. The Balaban J connectivity index is 2.41. The molecule has 0 spiro atoms. The van der Waals surface area contributed by atoms with Crippen LogP contribution < -0.4 is 11.2 Å². The van der Waals surface area contributed by atoms with Crippen molar-refractivity contribution in [2.45, 2.75) is 0 Å². The van der Waals surface area contributed by atoms with Crippen LogP contribution in [0.5, 0.6) is 0 Å². The van der Waals surface area contributed by atoms with E-state index >= 15 is 0 Å². The Kier molecular flexibility index (Phi) is 1.79. The van der Waals surface area contributed by atoms with E-state index in [4.69, 9.17) is 0 Å². The van der Waals surface area contributed by atoms with Crippen LogP contribution in [0.25, 0.3) is 22.7 Å². The van der Waals surface area contributed by atoms with Crippen LogP contribution in [-0.4, -0.2) is 24.7 Å². The molecule has 3 aromatic heterocycles. The number of hydrogen-bond acceptors (Lipinski definition) is 5. The maximum Gasteiger partial charge on any atom is 0.329 e. The van der Waals surface area contributed by atoms with E-state index in [1.54, 1.807) is 6.07 Å². The van der Waals surface area contributed by atoms with Gasteiger partial charge in [0.25, 0.3) is 5.56 Å². The minimum atomic E-state index is -0.513. The highest BCUT2D eigenvalue weighted by Crippen LogP contribution is 2.14. The first-order chi connectivity index (χ1) is 8.16. The number of H-pyrrole nitrogens is 2. The molecule has 0 atom stereocenters. The van der Waals surface area contributed by atoms with Crippen molar-refractivity contribution in [2.75, 3.05) is 0 Å². The number of rotatable bonds is 1. The molecular formula is C9H7N5O3. The number of fused-ring (bicyclic) bond motifs is 1. The summed E-state index contributed by atoms with van der Waals surface area (Å²) in [5.74, 6) is 0.375. The largest absolute Gasteiger partial charge is 0.364 e. The Morgan fingerprint density at radius 1 is 1.35 bits per heavy atom. The van der Waals surface area contributed by atoms with Gasteiger partial charge in [0.05, 0.1) is 0 Å². The van der Waals surface area contributed by atoms with Crippen molar-refractivity contribution in [3.63, 3.8) is 0 Å². The lowest BCUT2D eigenvalue weighted by Gasteiger charge is -1.94. The van der Waals surface area contributed by atoms with E-state index in [1.165, 1.54) is 17.9 Å². The molecule has 0 aliphatic carbocycles. The minimum absolute atomic E-state index is 0.227. The molecule has 0 fully saturated rings. The highest BCUT2D eigenvalue weighted by atomic mass is 16.5. The molecule has 0 aliphatic heterocycles. The number of nitrogens with zero attached hydrogens (tertiary/aromatic N) is 3. The molecule has 17 heavy (non-hydrogen) atoms. The Bertz CT molecular complexity index is 792. The van der Waals surface area contributed by atoms with E-state index < -0.39 is 11.2 Å². The van der Waals surface area contributed by atoms with Crippen LogP contribution in [0.15, 0.2) is 26.4 Å². The van der Waals surface area contributed by atoms with Crippen LogP contribution in [0, 0.1) is 0 Å². The van der Waals surface area contributed by atoms with Crippen LogP contribution in [0.2, 0.25) is 0 Å². The summed E-state index contributed by atoms with van der Waals surface area (Å²) < 4.78 is 5.93. The van der Waals surface area contributed by atoms with E-state index in [9.17, 15) is 9.59 Å². The number of imidazole rings is 1. The Morgan fingerprint density at radius 2 is 2.18 bits per heavy atom. The maximum atomic E-state index is 11.6. The lowest BCUT2D eigenvalue weighted by molar-refractivity contribution is 0.422. The third-order valence-electron chi connectivity index (χ3n) is 2.44. The number of aryl methyl sites for hydroxylation is 1. The molecule has 8 nitrogen and oxygen atoms in total. The first-order valence-corrected chi connectivity index (χ1v) is 4.76. The van der Waals surface area contributed by atoms with Crippen LogP contribution in [-0.2, 0) is 7.05 Å². The number of nitrogens with one attached hydrogen (secondary N) is 2. The molecule has 0 amide bonds. The normalized spacial score (nSPS) is 11.1. The molecule has 2 N–H and O–H groups in total.